The largest absolute Gasteiger partial charge is 0.493 e. The summed E-state index contributed by atoms with van der Waals surface area (Å²) >= 11 is 0. The van der Waals surface area contributed by atoms with Crippen LogP contribution in [0.1, 0.15) is 43.7 Å². The van der Waals surface area contributed by atoms with Crippen molar-refractivity contribution in [2.24, 2.45) is 16.5 Å². The highest BCUT2D eigenvalue weighted by Crippen LogP contribution is 2.44. The van der Waals surface area contributed by atoms with Crippen LogP contribution in [0.4, 0.5) is 0 Å². The van der Waals surface area contributed by atoms with Crippen molar-refractivity contribution >= 4 is 11.8 Å². The van der Waals surface area contributed by atoms with Crippen LogP contribution in [0, 0.1) is 0 Å². The summed E-state index contributed by atoms with van der Waals surface area (Å²) in [5.74, 6) is 0.326. The molecule has 0 radical (unpaired) electrons. The predicted molar refractivity (Wildman–Crippen MR) is 101 cm³/mol. The van der Waals surface area contributed by atoms with Crippen LogP contribution in [0.2, 0.25) is 0 Å². The Morgan fingerprint density at radius 1 is 1.42 bits per heavy atom. The van der Waals surface area contributed by atoms with Gasteiger partial charge in [-0.05, 0) is 18.9 Å². The average molecular weight is 355 g/mol. The summed E-state index contributed by atoms with van der Waals surface area (Å²) in [6, 6.07) is 5.97. The highest BCUT2D eigenvalue weighted by Gasteiger charge is 2.37. The number of hydrogen-bond donors (Lipinski definition) is 2. The van der Waals surface area contributed by atoms with Crippen molar-refractivity contribution in [3.8, 4) is 5.75 Å². The number of nitrogens with zero attached hydrogens (tertiary/aromatic N) is 1. The van der Waals surface area contributed by atoms with Gasteiger partial charge in [0.1, 0.15) is 11.6 Å². The van der Waals surface area contributed by atoms with Gasteiger partial charge >= 0.3 is 5.97 Å². The van der Waals surface area contributed by atoms with Gasteiger partial charge in [-0.1, -0.05) is 31.5 Å². The standard InChI is InChI=1S/C20H25N3O3/c1-3-6-15-17(20(24)25-4-2)16(14(11-21)19(22)23-15)13-8-5-7-12-9-10-26-18(12)13/h5,7-8,11,16H,3-4,6,9-10,21H2,1-2H3,(H2,22,23)/b14-11-. The summed E-state index contributed by atoms with van der Waals surface area (Å²) in [5, 5.41) is 0. The lowest BCUT2D eigenvalue weighted by molar-refractivity contribution is -0.138. The second-order valence-corrected chi connectivity index (χ2v) is 6.32. The molecule has 4 N–H and O–H groups in total. The maximum atomic E-state index is 12.8. The predicted octanol–water partition coefficient (Wildman–Crippen LogP) is 2.54. The molecule has 0 aromatic heterocycles. The number of para-hydroxylation sites is 1. The first-order chi connectivity index (χ1) is 12.6. The van der Waals surface area contributed by atoms with Crippen molar-refractivity contribution in [2.75, 3.05) is 13.2 Å². The zero-order chi connectivity index (χ0) is 18.7. The summed E-state index contributed by atoms with van der Waals surface area (Å²) in [7, 11) is 0. The van der Waals surface area contributed by atoms with Crippen molar-refractivity contribution in [1.29, 1.82) is 0 Å². The zero-order valence-corrected chi connectivity index (χ0v) is 15.2. The lowest BCUT2D eigenvalue weighted by Gasteiger charge is -2.29. The third kappa shape index (κ3) is 3.07. The highest BCUT2D eigenvalue weighted by molar-refractivity contribution is 6.06. The van der Waals surface area contributed by atoms with Crippen LogP contribution in [0.25, 0.3) is 0 Å². The van der Waals surface area contributed by atoms with Crippen LogP contribution in [-0.2, 0) is 16.0 Å². The molecule has 138 valence electrons. The van der Waals surface area contributed by atoms with Crippen molar-refractivity contribution < 1.29 is 14.3 Å². The van der Waals surface area contributed by atoms with Crippen LogP contribution in [0.5, 0.6) is 5.75 Å². The Hall–Kier alpha value is -2.76. The Morgan fingerprint density at radius 2 is 2.23 bits per heavy atom. The minimum absolute atomic E-state index is 0.290. The van der Waals surface area contributed by atoms with E-state index in [1.807, 2.05) is 25.1 Å². The van der Waals surface area contributed by atoms with Gasteiger partial charge in [-0.2, -0.15) is 0 Å². The number of nitrogens with two attached hydrogens (primary N) is 2. The fourth-order valence-electron chi connectivity index (χ4n) is 3.58. The van der Waals surface area contributed by atoms with E-state index in [4.69, 9.17) is 20.9 Å². The first-order valence-electron chi connectivity index (χ1n) is 9.03. The smallest absolute Gasteiger partial charge is 0.336 e. The molecule has 2 aliphatic heterocycles. The number of allylic oxidation sites excluding steroid dienone is 1. The Balaban J connectivity index is 2.23. The quantitative estimate of drug-likeness (QED) is 0.791. The molecule has 0 saturated carbocycles. The molecular weight excluding hydrogens is 330 g/mol. The summed E-state index contributed by atoms with van der Waals surface area (Å²) in [5.41, 5.74) is 15.9. The minimum Gasteiger partial charge on any atom is -0.493 e. The number of rotatable bonds is 5. The maximum absolute atomic E-state index is 12.8. The van der Waals surface area contributed by atoms with Crippen molar-refractivity contribution in [1.82, 2.24) is 0 Å². The Kier molecular flexibility index (Phi) is 5.30. The lowest BCUT2D eigenvalue weighted by atomic mass is 9.80. The van der Waals surface area contributed by atoms with E-state index in [0.29, 0.717) is 42.3 Å². The fourth-order valence-corrected chi connectivity index (χ4v) is 3.58. The van der Waals surface area contributed by atoms with E-state index in [0.717, 1.165) is 29.7 Å². The van der Waals surface area contributed by atoms with Gasteiger partial charge in [0.2, 0.25) is 0 Å². The van der Waals surface area contributed by atoms with Gasteiger partial charge in [0.25, 0.3) is 0 Å². The van der Waals surface area contributed by atoms with Gasteiger partial charge in [-0.25, -0.2) is 9.79 Å². The van der Waals surface area contributed by atoms with E-state index in [2.05, 4.69) is 4.99 Å². The summed E-state index contributed by atoms with van der Waals surface area (Å²) in [4.78, 5) is 17.3. The van der Waals surface area contributed by atoms with Crippen LogP contribution in [0.3, 0.4) is 0 Å². The molecule has 0 saturated heterocycles. The molecule has 26 heavy (non-hydrogen) atoms. The van der Waals surface area contributed by atoms with Crippen molar-refractivity contribution in [3.05, 3.63) is 52.4 Å². The number of ether oxygens (including phenoxy) is 2. The minimum atomic E-state index is -0.439. The molecule has 0 amide bonds. The summed E-state index contributed by atoms with van der Waals surface area (Å²) in [6.45, 7) is 4.74. The molecule has 2 heterocycles. The molecule has 6 heteroatoms. The lowest BCUT2D eigenvalue weighted by Crippen LogP contribution is -2.30. The maximum Gasteiger partial charge on any atom is 0.336 e. The Morgan fingerprint density at radius 3 is 2.92 bits per heavy atom. The van der Waals surface area contributed by atoms with E-state index in [9.17, 15) is 4.79 Å². The Bertz CT molecular complexity index is 809. The van der Waals surface area contributed by atoms with Crippen LogP contribution < -0.4 is 16.2 Å². The number of amidine groups is 1. The second kappa shape index (κ2) is 7.64. The first-order valence-corrected chi connectivity index (χ1v) is 9.03. The molecule has 1 aromatic rings. The van der Waals surface area contributed by atoms with Gasteiger partial charge in [0, 0.05) is 23.8 Å². The van der Waals surface area contributed by atoms with Crippen LogP contribution in [-0.4, -0.2) is 25.0 Å². The molecule has 0 bridgehead atoms. The van der Waals surface area contributed by atoms with Crippen LogP contribution >= 0.6 is 0 Å². The average Bonchev–Trinajstić information content (AvgIpc) is 3.10. The topological polar surface area (TPSA) is 99.9 Å². The van der Waals surface area contributed by atoms with Gasteiger partial charge in [0.15, 0.2) is 0 Å². The van der Waals surface area contributed by atoms with Gasteiger partial charge in [-0.3, -0.25) is 0 Å². The monoisotopic (exact) mass is 355 g/mol. The number of aliphatic imine (C=N–C) groups is 1. The summed E-state index contributed by atoms with van der Waals surface area (Å²) in [6.07, 6.45) is 3.76. The second-order valence-electron chi connectivity index (χ2n) is 6.32. The van der Waals surface area contributed by atoms with E-state index in [1.54, 1.807) is 6.92 Å². The molecule has 2 aliphatic rings. The first kappa shape index (κ1) is 18.0. The molecule has 0 aliphatic carbocycles. The normalized spacial score (nSPS) is 20.6. The number of carbonyl (C=O) groups excluding carboxylic acids is 1. The molecule has 1 atom stereocenters. The van der Waals surface area contributed by atoms with Crippen LogP contribution in [0.15, 0.2) is 46.2 Å². The van der Waals surface area contributed by atoms with E-state index >= 15 is 0 Å². The molecule has 1 aromatic carbocycles. The number of hydrogen-bond acceptors (Lipinski definition) is 6. The Labute approximate surface area is 153 Å². The molecular formula is C20H25N3O3. The van der Waals surface area contributed by atoms with Gasteiger partial charge in [-0.15, -0.1) is 0 Å². The molecule has 6 nitrogen and oxygen atoms in total. The van der Waals surface area contributed by atoms with E-state index < -0.39 is 5.92 Å². The van der Waals surface area contributed by atoms with Crippen molar-refractivity contribution in [2.45, 2.75) is 39.0 Å². The SMILES string of the molecule is CCCC1=C(C(=O)OCC)C(c2cccc3c2OCC3)/C(=C/N)C(N)=N1. The number of fused-ring (bicyclic) bond motifs is 1. The van der Waals surface area contributed by atoms with E-state index in [1.165, 1.54) is 6.20 Å². The highest BCUT2D eigenvalue weighted by atomic mass is 16.5. The fraction of sp³-hybridized carbons (Fsp3) is 0.400. The molecule has 3 rings (SSSR count). The molecule has 0 fully saturated rings. The number of esters is 1. The zero-order valence-electron chi connectivity index (χ0n) is 15.2. The molecule has 1 unspecified atom stereocenters. The van der Waals surface area contributed by atoms with Gasteiger partial charge < -0.3 is 20.9 Å². The third-order valence-electron chi connectivity index (χ3n) is 4.68. The summed E-state index contributed by atoms with van der Waals surface area (Å²) < 4.78 is 11.2. The van der Waals surface area contributed by atoms with Crippen molar-refractivity contribution in [3.63, 3.8) is 0 Å². The number of carbonyl (C=O) groups is 1. The number of benzene rings is 1. The molecule has 0 spiro atoms. The third-order valence-corrected chi connectivity index (χ3v) is 4.68. The van der Waals surface area contributed by atoms with E-state index in [-0.39, 0.29) is 5.97 Å². The van der Waals surface area contributed by atoms with Gasteiger partial charge in [0.05, 0.1) is 30.4 Å².